The summed E-state index contributed by atoms with van der Waals surface area (Å²) < 4.78 is 41.1. The Bertz CT molecular complexity index is 1790. The molecule has 12 heteroatoms. The van der Waals surface area contributed by atoms with Gasteiger partial charge in [0.05, 0.1) is 19.2 Å². The van der Waals surface area contributed by atoms with Gasteiger partial charge >= 0.3 is 0 Å². The third-order valence-corrected chi connectivity index (χ3v) is 6.49. The van der Waals surface area contributed by atoms with Crippen LogP contribution in [0.2, 0.25) is 5.02 Å². The first-order chi connectivity index (χ1) is 21.9. The molecule has 0 saturated heterocycles. The second-order valence-corrected chi connectivity index (χ2v) is 9.82. The number of amides is 1. The minimum absolute atomic E-state index is 0.175. The summed E-state index contributed by atoms with van der Waals surface area (Å²) in [5, 5.41) is 6.30. The zero-order valence-electron chi connectivity index (χ0n) is 24.3. The van der Waals surface area contributed by atoms with Crippen molar-refractivity contribution in [3.05, 3.63) is 114 Å². The number of nitrogens with zero attached hydrogens (tertiary/aromatic N) is 2. The van der Waals surface area contributed by atoms with E-state index in [4.69, 9.17) is 35.3 Å². The molecule has 45 heavy (non-hydrogen) atoms. The first-order valence-corrected chi connectivity index (χ1v) is 13.9. The number of carbonyl (C=O) groups is 1. The number of hydrogen-bond donors (Lipinski definition) is 2. The molecule has 0 spiro atoms. The number of hydrogen-bond acceptors (Lipinski definition) is 9. The normalized spacial score (nSPS) is 10.5. The monoisotopic (exact) mass is 630 g/mol. The fraction of sp³-hybridized carbons (Fsp3) is 0.121. The third kappa shape index (κ3) is 8.74. The van der Waals surface area contributed by atoms with Gasteiger partial charge in [-0.2, -0.15) is 0 Å². The van der Waals surface area contributed by atoms with E-state index in [1.807, 2.05) is 0 Å². The summed E-state index contributed by atoms with van der Waals surface area (Å²) in [6.07, 6.45) is 1.35. The molecular weight excluding hydrogens is 603 g/mol. The molecular formula is C33H28ClFN4O6. The molecule has 4 aromatic carbocycles. The average Bonchev–Trinajstić information content (AvgIpc) is 3.03. The van der Waals surface area contributed by atoms with Crippen molar-refractivity contribution >= 4 is 34.7 Å². The van der Waals surface area contributed by atoms with Gasteiger partial charge in [-0.05, 0) is 60.2 Å². The van der Waals surface area contributed by atoms with E-state index in [9.17, 15) is 9.18 Å². The zero-order valence-corrected chi connectivity index (χ0v) is 25.0. The van der Waals surface area contributed by atoms with Gasteiger partial charge in [0.2, 0.25) is 5.88 Å². The summed E-state index contributed by atoms with van der Waals surface area (Å²) in [6, 6.07) is 24.8. The number of nitrogens with one attached hydrogen (secondary N) is 2. The van der Waals surface area contributed by atoms with Crippen LogP contribution in [0.4, 0.5) is 21.6 Å². The number of rotatable bonds is 13. The Morgan fingerprint density at radius 3 is 2.42 bits per heavy atom. The molecule has 0 unspecified atom stereocenters. The van der Waals surface area contributed by atoms with E-state index in [1.165, 1.54) is 32.7 Å². The molecule has 0 atom stereocenters. The van der Waals surface area contributed by atoms with Crippen molar-refractivity contribution in [1.29, 1.82) is 0 Å². The lowest BCUT2D eigenvalue weighted by Crippen LogP contribution is -2.20. The maximum absolute atomic E-state index is 13.4. The number of aromatic nitrogens is 2. The highest BCUT2D eigenvalue weighted by atomic mass is 35.5. The number of methoxy groups -OCH3 is 2. The minimum Gasteiger partial charge on any atom is -0.493 e. The number of halogens is 2. The summed E-state index contributed by atoms with van der Waals surface area (Å²) in [7, 11) is 3.06. The van der Waals surface area contributed by atoms with E-state index in [1.54, 1.807) is 78.9 Å². The second-order valence-electron chi connectivity index (χ2n) is 9.41. The highest BCUT2D eigenvalue weighted by Crippen LogP contribution is 2.32. The number of ether oxygens (including phenoxy) is 5. The smallest absolute Gasteiger partial charge is 0.262 e. The molecule has 1 aromatic heterocycles. The number of carbonyl (C=O) groups excluding carboxylic acids is 1. The van der Waals surface area contributed by atoms with E-state index in [0.717, 1.165) is 0 Å². The minimum atomic E-state index is -0.362. The third-order valence-electron chi connectivity index (χ3n) is 6.19. The van der Waals surface area contributed by atoms with Crippen LogP contribution in [0.25, 0.3) is 0 Å². The maximum atomic E-state index is 13.4. The van der Waals surface area contributed by atoms with Gasteiger partial charge in [0.1, 0.15) is 41.8 Å². The van der Waals surface area contributed by atoms with Crippen LogP contribution in [0.1, 0.15) is 5.56 Å². The highest BCUT2D eigenvalue weighted by Gasteiger charge is 2.10. The summed E-state index contributed by atoms with van der Waals surface area (Å²) in [6.45, 7) is -0.0412. The molecule has 10 nitrogen and oxygen atoms in total. The van der Waals surface area contributed by atoms with Crippen molar-refractivity contribution in [2.24, 2.45) is 0 Å². The van der Waals surface area contributed by atoms with Crippen LogP contribution in [0.3, 0.4) is 0 Å². The van der Waals surface area contributed by atoms with E-state index < -0.39 is 0 Å². The van der Waals surface area contributed by atoms with Crippen LogP contribution in [-0.4, -0.2) is 36.7 Å². The molecule has 2 N–H and O–H groups in total. The first kappa shape index (κ1) is 30.9. The maximum Gasteiger partial charge on any atom is 0.262 e. The van der Waals surface area contributed by atoms with Crippen molar-refractivity contribution < 1.29 is 32.9 Å². The molecule has 0 aliphatic rings. The first-order valence-electron chi connectivity index (χ1n) is 13.6. The molecule has 1 heterocycles. The van der Waals surface area contributed by atoms with Gasteiger partial charge in [0, 0.05) is 29.6 Å². The topological polar surface area (TPSA) is 113 Å². The Balaban J connectivity index is 1.15. The van der Waals surface area contributed by atoms with Gasteiger partial charge in [-0.1, -0.05) is 29.8 Å². The largest absolute Gasteiger partial charge is 0.493 e. The lowest BCUT2D eigenvalue weighted by Gasteiger charge is -2.12. The van der Waals surface area contributed by atoms with Crippen molar-refractivity contribution in [2.75, 3.05) is 31.5 Å². The Kier molecular flexibility index (Phi) is 10.1. The van der Waals surface area contributed by atoms with Crippen LogP contribution >= 0.6 is 11.6 Å². The van der Waals surface area contributed by atoms with Gasteiger partial charge in [-0.25, -0.2) is 14.4 Å². The van der Waals surface area contributed by atoms with Gasteiger partial charge in [0.15, 0.2) is 18.1 Å². The fourth-order valence-electron chi connectivity index (χ4n) is 4.11. The van der Waals surface area contributed by atoms with Crippen LogP contribution < -0.4 is 34.3 Å². The molecule has 0 aliphatic carbocycles. The molecule has 5 rings (SSSR count). The van der Waals surface area contributed by atoms with Crippen molar-refractivity contribution in [3.63, 3.8) is 0 Å². The van der Waals surface area contributed by atoms with Gasteiger partial charge < -0.3 is 34.3 Å². The summed E-state index contributed by atoms with van der Waals surface area (Å²) in [4.78, 5) is 20.9. The van der Waals surface area contributed by atoms with Gasteiger partial charge in [-0.15, -0.1) is 0 Å². The van der Waals surface area contributed by atoms with E-state index in [2.05, 4.69) is 20.6 Å². The van der Waals surface area contributed by atoms with Crippen LogP contribution in [0, 0.1) is 5.82 Å². The predicted octanol–water partition coefficient (Wildman–Crippen LogP) is 7.42. The van der Waals surface area contributed by atoms with Crippen LogP contribution in [0.15, 0.2) is 97.3 Å². The summed E-state index contributed by atoms with van der Waals surface area (Å²) >= 11 is 6.41. The summed E-state index contributed by atoms with van der Waals surface area (Å²) in [5.74, 6) is 2.45. The second kappa shape index (κ2) is 14.8. The Labute approximate surface area is 263 Å². The molecule has 230 valence electrons. The van der Waals surface area contributed by atoms with Crippen LogP contribution in [0.5, 0.6) is 34.6 Å². The Morgan fingerprint density at radius 1 is 0.800 bits per heavy atom. The zero-order chi connectivity index (χ0) is 31.6. The molecule has 0 saturated carbocycles. The Morgan fingerprint density at radius 2 is 1.62 bits per heavy atom. The SMILES string of the molecule is COc1ccc(OCC(=O)Nc2cccc(Oc3cc(Nc4ccc(OCc5cccc(F)c5)c(Cl)c4)ncn3)c2)cc1OC. The Hall–Kier alpha value is -5.55. The lowest BCUT2D eigenvalue weighted by atomic mass is 10.2. The van der Waals surface area contributed by atoms with E-state index in [-0.39, 0.29) is 30.8 Å². The standard InChI is InChI=1S/C33H28ClFN4O6/c1-41-29-12-10-25(16-30(29)42-2)43-19-32(40)39-23-7-4-8-26(14-23)45-33-17-31(36-20-37-33)38-24-9-11-28(27(34)15-24)44-18-21-5-3-6-22(35)13-21/h3-17,20H,18-19H2,1-2H3,(H,39,40)(H,36,37,38). The molecule has 0 fully saturated rings. The molecule has 0 bridgehead atoms. The predicted molar refractivity (Wildman–Crippen MR) is 168 cm³/mol. The van der Waals surface area contributed by atoms with Gasteiger partial charge in [-0.3, -0.25) is 4.79 Å². The van der Waals surface area contributed by atoms with E-state index in [0.29, 0.717) is 56.5 Å². The van der Waals surface area contributed by atoms with Crippen molar-refractivity contribution in [1.82, 2.24) is 9.97 Å². The van der Waals surface area contributed by atoms with Crippen LogP contribution in [-0.2, 0) is 11.4 Å². The average molecular weight is 631 g/mol. The van der Waals surface area contributed by atoms with Gasteiger partial charge in [0.25, 0.3) is 5.91 Å². The highest BCUT2D eigenvalue weighted by molar-refractivity contribution is 6.32. The van der Waals surface area contributed by atoms with E-state index >= 15 is 0 Å². The van der Waals surface area contributed by atoms with Crippen molar-refractivity contribution in [3.8, 4) is 34.6 Å². The molecule has 0 aliphatic heterocycles. The van der Waals surface area contributed by atoms with Crippen molar-refractivity contribution in [2.45, 2.75) is 6.61 Å². The fourth-order valence-corrected chi connectivity index (χ4v) is 4.34. The number of benzene rings is 4. The molecule has 1 amide bonds. The lowest BCUT2D eigenvalue weighted by molar-refractivity contribution is -0.118. The molecule has 5 aromatic rings. The quantitative estimate of drug-likeness (QED) is 0.137. The summed E-state index contributed by atoms with van der Waals surface area (Å²) in [5.41, 5.74) is 1.85. The number of anilines is 3. The molecule has 0 radical (unpaired) electrons.